The van der Waals surface area contributed by atoms with Crippen LogP contribution in [0.1, 0.15) is 33.3 Å². The van der Waals surface area contributed by atoms with Crippen LogP contribution in [0, 0.1) is 0 Å². The van der Waals surface area contributed by atoms with Crippen molar-refractivity contribution in [1.29, 1.82) is 0 Å². The minimum absolute atomic E-state index is 0.0754. The van der Waals surface area contributed by atoms with E-state index in [0.29, 0.717) is 12.2 Å². The second kappa shape index (κ2) is 5.95. The summed E-state index contributed by atoms with van der Waals surface area (Å²) in [6, 6.07) is 5.18. The minimum atomic E-state index is -0.419. The van der Waals surface area contributed by atoms with Crippen LogP contribution >= 0.6 is 0 Å². The highest BCUT2D eigenvalue weighted by molar-refractivity contribution is 6.55. The number of hydrogen-bond donors (Lipinski definition) is 3. The van der Waals surface area contributed by atoms with Gasteiger partial charge in [0.25, 0.3) is 0 Å². The quantitative estimate of drug-likeness (QED) is 0.452. The van der Waals surface area contributed by atoms with Crippen molar-refractivity contribution in [2.24, 2.45) is 0 Å². The maximum atomic E-state index is 9.74. The van der Waals surface area contributed by atoms with Crippen molar-refractivity contribution in [3.63, 3.8) is 0 Å². The average Bonchev–Trinajstić information content (AvgIpc) is 2.62. The standard InChI is InChI=1S/C16H25BN2O3/c1-15(2)16(3,4)22-17(21-15)12(10-19-5)8-11-6-7-13(18)14(20)9-11/h6-9,19-20H,10,18H2,1-5H3. The van der Waals surface area contributed by atoms with E-state index >= 15 is 0 Å². The fourth-order valence-corrected chi connectivity index (χ4v) is 2.27. The molecule has 0 aromatic heterocycles. The first-order chi connectivity index (χ1) is 10.2. The number of phenolic OH excluding ortho intramolecular Hbond substituents is 1. The molecular weight excluding hydrogens is 279 g/mol. The van der Waals surface area contributed by atoms with Gasteiger partial charge in [0.1, 0.15) is 5.75 Å². The Kier molecular flexibility index (Phi) is 4.56. The van der Waals surface area contributed by atoms with Crippen LogP contribution in [-0.2, 0) is 9.31 Å². The molecule has 0 atom stereocenters. The Labute approximate surface area is 132 Å². The minimum Gasteiger partial charge on any atom is -0.506 e. The fraction of sp³-hybridized carbons (Fsp3) is 0.500. The first kappa shape index (κ1) is 16.9. The molecule has 0 unspecified atom stereocenters. The lowest BCUT2D eigenvalue weighted by Gasteiger charge is -2.32. The van der Waals surface area contributed by atoms with Crippen molar-refractivity contribution in [2.75, 3.05) is 19.3 Å². The summed E-state index contributed by atoms with van der Waals surface area (Å²) in [4.78, 5) is 0. The molecule has 1 aliphatic rings. The molecule has 0 amide bonds. The van der Waals surface area contributed by atoms with Gasteiger partial charge in [-0.25, -0.2) is 0 Å². The summed E-state index contributed by atoms with van der Waals surface area (Å²) in [5.41, 5.74) is 7.06. The predicted molar refractivity (Wildman–Crippen MR) is 90.5 cm³/mol. The van der Waals surface area contributed by atoms with E-state index in [-0.39, 0.29) is 17.0 Å². The van der Waals surface area contributed by atoms with E-state index in [9.17, 15) is 5.11 Å². The third-order valence-electron chi connectivity index (χ3n) is 4.34. The van der Waals surface area contributed by atoms with Gasteiger partial charge >= 0.3 is 7.12 Å². The Morgan fingerprint density at radius 2 is 1.86 bits per heavy atom. The number of nitrogen functional groups attached to an aromatic ring is 1. The summed E-state index contributed by atoms with van der Waals surface area (Å²) in [6.45, 7) is 8.73. The zero-order valence-corrected chi connectivity index (χ0v) is 13.9. The molecule has 22 heavy (non-hydrogen) atoms. The molecule has 1 aliphatic heterocycles. The number of hydrogen-bond acceptors (Lipinski definition) is 5. The second-order valence-corrected chi connectivity index (χ2v) is 6.66. The van der Waals surface area contributed by atoms with Gasteiger partial charge in [0.15, 0.2) is 0 Å². The summed E-state index contributed by atoms with van der Waals surface area (Å²) in [5, 5.41) is 12.9. The third-order valence-corrected chi connectivity index (χ3v) is 4.34. The molecule has 120 valence electrons. The topological polar surface area (TPSA) is 76.7 Å². The summed E-state index contributed by atoms with van der Waals surface area (Å²) in [7, 11) is 1.46. The van der Waals surface area contributed by atoms with Gasteiger partial charge in [-0.2, -0.15) is 0 Å². The third kappa shape index (κ3) is 3.29. The number of phenols is 1. The highest BCUT2D eigenvalue weighted by Gasteiger charge is 2.52. The lowest BCUT2D eigenvalue weighted by Crippen LogP contribution is -2.41. The van der Waals surface area contributed by atoms with Crippen LogP contribution in [0.5, 0.6) is 5.75 Å². The molecule has 0 saturated carbocycles. The van der Waals surface area contributed by atoms with Crippen LogP contribution in [0.25, 0.3) is 6.08 Å². The average molecular weight is 304 g/mol. The fourth-order valence-electron chi connectivity index (χ4n) is 2.27. The van der Waals surface area contributed by atoms with Crippen LogP contribution in [0.4, 0.5) is 5.69 Å². The first-order valence-corrected chi connectivity index (χ1v) is 7.45. The summed E-state index contributed by atoms with van der Waals surface area (Å²) < 4.78 is 12.2. The van der Waals surface area contributed by atoms with Crippen molar-refractivity contribution < 1.29 is 14.4 Å². The second-order valence-electron chi connectivity index (χ2n) is 6.66. The maximum absolute atomic E-state index is 9.74. The van der Waals surface area contributed by atoms with Gasteiger partial charge in [0.2, 0.25) is 0 Å². The molecule has 0 spiro atoms. The Balaban J connectivity index is 2.31. The Morgan fingerprint density at radius 1 is 1.27 bits per heavy atom. The molecule has 0 aliphatic carbocycles. The zero-order chi connectivity index (χ0) is 16.5. The molecule has 1 saturated heterocycles. The Morgan fingerprint density at radius 3 is 2.36 bits per heavy atom. The van der Waals surface area contributed by atoms with E-state index < -0.39 is 7.12 Å². The molecule has 1 fully saturated rings. The summed E-state index contributed by atoms with van der Waals surface area (Å²) >= 11 is 0. The van der Waals surface area contributed by atoms with Crippen molar-refractivity contribution in [1.82, 2.24) is 5.32 Å². The normalized spacial score (nSPS) is 20.4. The number of anilines is 1. The van der Waals surface area contributed by atoms with Crippen LogP contribution in [0.2, 0.25) is 0 Å². The van der Waals surface area contributed by atoms with Gasteiger partial charge in [-0.15, -0.1) is 0 Å². The number of likely N-dealkylation sites (N-methyl/N-ethyl adjacent to an activating group) is 1. The summed E-state index contributed by atoms with van der Waals surface area (Å²) in [5.74, 6) is 0.0754. The van der Waals surface area contributed by atoms with Crippen LogP contribution in [-0.4, -0.2) is 37.0 Å². The van der Waals surface area contributed by atoms with E-state index in [2.05, 4.69) is 5.32 Å². The largest absolute Gasteiger partial charge is 0.506 e. The number of nitrogens with two attached hydrogens (primary N) is 1. The predicted octanol–water partition coefficient (Wildman–Crippen LogP) is 2.21. The number of nitrogens with one attached hydrogen (secondary N) is 1. The molecule has 0 radical (unpaired) electrons. The van der Waals surface area contributed by atoms with Gasteiger partial charge in [-0.3, -0.25) is 0 Å². The molecule has 1 heterocycles. The molecule has 4 N–H and O–H groups in total. The molecule has 1 aromatic carbocycles. The lowest BCUT2D eigenvalue weighted by molar-refractivity contribution is 0.00578. The monoisotopic (exact) mass is 304 g/mol. The number of aromatic hydroxyl groups is 1. The van der Waals surface area contributed by atoms with Crippen molar-refractivity contribution in [2.45, 2.75) is 38.9 Å². The molecule has 0 bridgehead atoms. The first-order valence-electron chi connectivity index (χ1n) is 7.45. The Bertz CT molecular complexity index is 569. The lowest BCUT2D eigenvalue weighted by atomic mass is 9.77. The van der Waals surface area contributed by atoms with Crippen LogP contribution in [0.3, 0.4) is 0 Å². The van der Waals surface area contributed by atoms with E-state index in [1.54, 1.807) is 12.1 Å². The zero-order valence-electron chi connectivity index (χ0n) is 13.9. The Hall–Kier alpha value is -1.50. The van der Waals surface area contributed by atoms with E-state index in [1.165, 1.54) is 0 Å². The SMILES string of the molecule is CNCC(=Cc1ccc(N)c(O)c1)B1OC(C)(C)C(C)(C)O1. The molecule has 6 heteroatoms. The number of rotatable bonds is 4. The van der Waals surface area contributed by atoms with E-state index in [1.807, 2.05) is 46.9 Å². The van der Waals surface area contributed by atoms with Gasteiger partial charge in [-0.1, -0.05) is 12.1 Å². The van der Waals surface area contributed by atoms with Crippen LogP contribution < -0.4 is 11.1 Å². The van der Waals surface area contributed by atoms with Gasteiger partial charge in [0, 0.05) is 6.54 Å². The van der Waals surface area contributed by atoms with Crippen molar-refractivity contribution >= 4 is 18.9 Å². The van der Waals surface area contributed by atoms with Gasteiger partial charge in [-0.05, 0) is 57.9 Å². The maximum Gasteiger partial charge on any atom is 0.491 e. The van der Waals surface area contributed by atoms with Crippen molar-refractivity contribution in [3.05, 3.63) is 29.2 Å². The smallest absolute Gasteiger partial charge is 0.491 e. The van der Waals surface area contributed by atoms with E-state index in [0.717, 1.165) is 11.0 Å². The number of benzene rings is 1. The highest BCUT2D eigenvalue weighted by atomic mass is 16.7. The van der Waals surface area contributed by atoms with E-state index in [4.69, 9.17) is 15.0 Å². The van der Waals surface area contributed by atoms with Gasteiger partial charge in [0.05, 0.1) is 16.9 Å². The summed E-state index contributed by atoms with van der Waals surface area (Å²) in [6.07, 6.45) is 1.96. The molecular formula is C16H25BN2O3. The van der Waals surface area contributed by atoms with Gasteiger partial charge < -0.3 is 25.5 Å². The highest BCUT2D eigenvalue weighted by Crippen LogP contribution is 2.38. The molecule has 5 nitrogen and oxygen atoms in total. The molecule has 2 rings (SSSR count). The van der Waals surface area contributed by atoms with Crippen LogP contribution in [0.15, 0.2) is 23.7 Å². The van der Waals surface area contributed by atoms with Crippen molar-refractivity contribution in [3.8, 4) is 5.75 Å². The molecule has 1 aromatic rings.